The molecule has 0 amide bonds. The summed E-state index contributed by atoms with van der Waals surface area (Å²) in [6.45, 7) is -19.8. The minimum Gasteiger partial charge on any atom is -0.382 e. The first-order chi connectivity index (χ1) is 32.9. The summed E-state index contributed by atoms with van der Waals surface area (Å²) in [6, 6.07) is 0. The molecule has 0 aliphatic heterocycles. The van der Waals surface area contributed by atoms with Crippen LogP contribution in [0, 0.1) is 11.8 Å². The van der Waals surface area contributed by atoms with E-state index < -0.39 is 200 Å². The number of hydrogen-bond donors (Lipinski definition) is 3. The topological polar surface area (TPSA) is 213 Å². The molecule has 75 heavy (non-hydrogen) atoms. The Morgan fingerprint density at radius 1 is 0.467 bits per heavy atom. The van der Waals surface area contributed by atoms with Crippen LogP contribution in [0.4, 0.5) is 110 Å². The van der Waals surface area contributed by atoms with Gasteiger partial charge in [-0.2, -0.15) is 105 Å². The first kappa shape index (κ1) is 73.4. The normalized spacial score (nSPS) is 21.1. The highest BCUT2D eigenvalue weighted by molar-refractivity contribution is 7.47. The highest BCUT2D eigenvalue weighted by Gasteiger charge is 2.71. The van der Waals surface area contributed by atoms with Crippen LogP contribution in [0.25, 0.3) is 0 Å². The fourth-order valence-electron chi connectivity index (χ4n) is 4.16. The third-order valence-corrected chi connectivity index (χ3v) is 11.9. The summed E-state index contributed by atoms with van der Waals surface area (Å²) in [5, 5.41) is 0. The van der Waals surface area contributed by atoms with Crippen LogP contribution < -0.4 is 0 Å². The molecule has 0 aromatic carbocycles. The highest BCUT2D eigenvalue weighted by atomic mass is 31.2. The van der Waals surface area contributed by atoms with E-state index in [2.05, 4.69) is 46.1 Å². The Hall–Kier alpha value is -1.62. The molecule has 0 bridgehead atoms. The Morgan fingerprint density at radius 2 is 0.880 bits per heavy atom. The molecule has 45 heteroatoms. The van der Waals surface area contributed by atoms with Crippen molar-refractivity contribution in [2.24, 2.45) is 11.8 Å². The predicted molar refractivity (Wildman–Crippen MR) is 189 cm³/mol. The van der Waals surface area contributed by atoms with Crippen molar-refractivity contribution in [2.45, 2.75) is 112 Å². The summed E-state index contributed by atoms with van der Waals surface area (Å²) in [5.74, 6) is -18.6. The zero-order chi connectivity index (χ0) is 59.8. The number of hydrogen-bond acceptors (Lipinski definition) is 14. The molecule has 10 atom stereocenters. The molecule has 0 spiro atoms. The molecule has 0 heterocycles. The van der Waals surface area contributed by atoms with Crippen molar-refractivity contribution in [3.05, 3.63) is 0 Å². The smallest absolute Gasteiger partial charge is 0.382 e. The van der Waals surface area contributed by atoms with Gasteiger partial charge in [-0.1, -0.05) is 6.92 Å². The van der Waals surface area contributed by atoms with Crippen molar-refractivity contribution in [3.8, 4) is 0 Å². The van der Waals surface area contributed by atoms with Crippen molar-refractivity contribution in [2.75, 3.05) is 66.6 Å². The number of ether oxygens (including phenoxy) is 5. The Labute approximate surface area is 403 Å². The number of phosphoric acid groups is 3. The van der Waals surface area contributed by atoms with Crippen LogP contribution in [0.2, 0.25) is 0 Å². The fourth-order valence-corrected chi connectivity index (χ4v) is 6.41. The van der Waals surface area contributed by atoms with Crippen LogP contribution in [-0.4, -0.2) is 160 Å². The highest BCUT2D eigenvalue weighted by Crippen LogP contribution is 2.53. The summed E-state index contributed by atoms with van der Waals surface area (Å²) in [7, 11) is -18.4. The minimum absolute atomic E-state index is 0.189. The quantitative estimate of drug-likeness (QED) is 0.0317. The number of alkyl halides is 25. The lowest BCUT2D eigenvalue weighted by atomic mass is 9.97. The fraction of sp³-hybridized carbons (Fsp3) is 1.00. The Morgan fingerprint density at radius 3 is 1.27 bits per heavy atom. The van der Waals surface area contributed by atoms with Gasteiger partial charge >= 0.3 is 84.5 Å². The molecule has 0 aliphatic rings. The molecule has 0 rings (SSSR count). The van der Waals surface area contributed by atoms with E-state index in [1.807, 2.05) is 0 Å². The van der Waals surface area contributed by atoms with Gasteiger partial charge in [-0.05, 0) is 13.8 Å². The van der Waals surface area contributed by atoms with E-state index in [4.69, 9.17) is 4.74 Å². The van der Waals surface area contributed by atoms with Gasteiger partial charge in [0, 0.05) is 20.0 Å². The van der Waals surface area contributed by atoms with Crippen molar-refractivity contribution in [1.29, 1.82) is 0 Å². The zero-order valence-electron chi connectivity index (χ0n) is 37.4. The number of rotatable bonds is 33. The van der Waals surface area contributed by atoms with Gasteiger partial charge in [0.1, 0.15) is 19.1 Å². The number of methoxy groups -OCH3 is 1. The van der Waals surface area contributed by atoms with Gasteiger partial charge in [0.25, 0.3) is 5.67 Å². The van der Waals surface area contributed by atoms with Gasteiger partial charge in [-0.15, -0.1) is 0 Å². The van der Waals surface area contributed by atoms with Gasteiger partial charge < -0.3 is 33.6 Å². The predicted octanol–water partition coefficient (Wildman–Crippen LogP) is 10.9. The molecule has 17 nitrogen and oxygen atoms in total. The molecular weight excluding hydrogens is 1200 g/mol. The summed E-state index contributed by atoms with van der Waals surface area (Å²) >= 11 is 0. The van der Waals surface area contributed by atoms with E-state index in [9.17, 15) is 138 Å². The second-order valence-electron chi connectivity index (χ2n) is 15.0. The number of halogens is 25. The van der Waals surface area contributed by atoms with E-state index in [0.29, 0.717) is 0 Å². The first-order valence-corrected chi connectivity index (χ1v) is 23.6. The third-order valence-electron chi connectivity index (χ3n) is 9.02. The van der Waals surface area contributed by atoms with Gasteiger partial charge in [0.05, 0.1) is 57.8 Å². The van der Waals surface area contributed by atoms with E-state index in [1.165, 1.54) is 0 Å². The van der Waals surface area contributed by atoms with E-state index in [-0.39, 0.29) is 6.92 Å². The maximum atomic E-state index is 14.9. The van der Waals surface area contributed by atoms with Crippen molar-refractivity contribution < 1.29 is 189 Å². The first-order valence-electron chi connectivity index (χ1n) is 19.1. The standard InChI is InChI=1S/C30H40F25O17P3/c1-16(23(34,35)36)11-64-21(32,28(48,49)50)14-69-74(58,59)66-8-6-20(63-10-9-62-4,13-68-75(60,61)70-15-22(33,29(51,52)53)72-26(43,44)17(2)24(37,38)39)5-7-65-73(56,57)67-12-18(25(40,41)42)71-30(54,55)19(3,31)27(45,46)47/h16-18H,5-15H2,1-4H3,(H,56,57)(H,58,59)(H,60,61). The molecule has 10 unspecified atom stereocenters. The lowest BCUT2D eigenvalue weighted by Gasteiger charge is -2.35. The third kappa shape index (κ3) is 23.2. The van der Waals surface area contributed by atoms with Crippen LogP contribution in [0.1, 0.15) is 33.6 Å². The summed E-state index contributed by atoms with van der Waals surface area (Å²) in [6.07, 6.45) is -57.9. The second kappa shape index (κ2) is 25.9. The van der Waals surface area contributed by atoms with E-state index in [0.717, 1.165) is 7.11 Å². The van der Waals surface area contributed by atoms with Crippen LogP contribution in [0.15, 0.2) is 0 Å². The van der Waals surface area contributed by atoms with Crippen LogP contribution in [0.5, 0.6) is 0 Å². The molecule has 0 saturated carbocycles. The molecule has 0 fully saturated rings. The molecule has 0 aromatic rings. The average Bonchev–Trinajstić information content (AvgIpc) is 3.19. The molecule has 0 aromatic heterocycles. The molecule has 0 aliphatic carbocycles. The molecule has 0 radical (unpaired) electrons. The maximum Gasteiger partial charge on any atom is 0.472 e. The lowest BCUT2D eigenvalue weighted by Crippen LogP contribution is -2.57. The minimum atomic E-state index is -6.90. The monoisotopic (exact) mass is 1240 g/mol. The largest absolute Gasteiger partial charge is 0.472 e. The van der Waals surface area contributed by atoms with E-state index >= 15 is 0 Å². The summed E-state index contributed by atoms with van der Waals surface area (Å²) in [5.41, 5.74) is -8.95. The summed E-state index contributed by atoms with van der Waals surface area (Å²) in [4.78, 5) is 30.0. The molecule has 0 saturated heterocycles. The Kier molecular flexibility index (Phi) is 25.3. The maximum absolute atomic E-state index is 14.9. The lowest BCUT2D eigenvalue weighted by molar-refractivity contribution is -0.441. The molecule has 3 N–H and O–H groups in total. The zero-order valence-corrected chi connectivity index (χ0v) is 40.0. The van der Waals surface area contributed by atoms with Crippen molar-refractivity contribution in [1.82, 2.24) is 0 Å². The van der Waals surface area contributed by atoms with Crippen LogP contribution >= 0.6 is 23.5 Å². The SMILES string of the molecule is COCCOC(CCOP(=O)(O)OCC(OC(F)(F)C(C)(F)C(F)(F)F)C(F)(F)F)(CCOP(=O)(O)OCC(F)(OCC(C)C(F)(F)F)C(F)(F)F)COP(=O)(O)OCC(F)(OC(F)(F)C(C)C(F)(F)F)C(F)(F)F. The Bertz CT molecular complexity index is 1920. The van der Waals surface area contributed by atoms with Crippen molar-refractivity contribution >= 4 is 23.5 Å². The van der Waals surface area contributed by atoms with Crippen LogP contribution in [0.3, 0.4) is 0 Å². The van der Waals surface area contributed by atoms with Crippen LogP contribution in [-0.2, 0) is 64.5 Å². The average molecular weight is 1240 g/mol. The van der Waals surface area contributed by atoms with Gasteiger partial charge in [0.15, 0.2) is 6.10 Å². The van der Waals surface area contributed by atoms with E-state index in [1.54, 1.807) is 0 Å². The van der Waals surface area contributed by atoms with Gasteiger partial charge in [-0.3, -0.25) is 31.9 Å². The van der Waals surface area contributed by atoms with Gasteiger partial charge in [0.2, 0.25) is 0 Å². The van der Waals surface area contributed by atoms with Crippen molar-refractivity contribution in [3.63, 3.8) is 0 Å². The molecule has 452 valence electrons. The molecular formula is C30H40F25O17P3. The van der Waals surface area contributed by atoms with Gasteiger partial charge in [-0.25, -0.2) is 18.1 Å². The Balaban J connectivity index is 7.02. The second-order valence-corrected chi connectivity index (χ2v) is 19.4. The summed E-state index contributed by atoms with van der Waals surface area (Å²) < 4.78 is 417. The number of phosphoric ester groups is 3.